The fourth-order valence-corrected chi connectivity index (χ4v) is 2.64. The number of hydrogen-bond donors (Lipinski definition) is 2. The number of anilines is 1. The van der Waals surface area contributed by atoms with Gasteiger partial charge in [-0.15, -0.1) is 0 Å². The van der Waals surface area contributed by atoms with Gasteiger partial charge >= 0.3 is 0 Å². The molecule has 9 heteroatoms. The van der Waals surface area contributed by atoms with Crippen LogP contribution in [-0.4, -0.2) is 24.1 Å². The van der Waals surface area contributed by atoms with Crippen LogP contribution in [0.5, 0.6) is 0 Å². The molecule has 1 amide bonds. The monoisotopic (exact) mass is 328 g/mol. The molecule has 0 spiro atoms. The van der Waals surface area contributed by atoms with E-state index in [1.807, 2.05) is 0 Å². The maximum atomic E-state index is 11.9. The van der Waals surface area contributed by atoms with Crippen molar-refractivity contribution < 1.29 is 13.2 Å². The number of primary sulfonamides is 1. The molecule has 1 aromatic carbocycles. The summed E-state index contributed by atoms with van der Waals surface area (Å²) in [4.78, 5) is 11.7. The number of carbonyl (C=O) groups excluding carboxylic acids is 1. The molecule has 21 heavy (non-hydrogen) atoms. The summed E-state index contributed by atoms with van der Waals surface area (Å²) in [6.07, 6.45) is 1.27. The Balaban J connectivity index is 2.17. The first-order valence-corrected chi connectivity index (χ1v) is 7.79. The van der Waals surface area contributed by atoms with Crippen molar-refractivity contribution in [2.75, 3.05) is 5.32 Å². The summed E-state index contributed by atoms with van der Waals surface area (Å²) >= 11 is 5.83. The number of nitrogens with one attached hydrogen (secondary N) is 1. The number of aryl methyl sites for hydroxylation is 1. The third kappa shape index (κ3) is 4.03. The van der Waals surface area contributed by atoms with Crippen LogP contribution in [0.3, 0.4) is 0 Å². The fourth-order valence-electron chi connectivity index (χ4n) is 1.77. The van der Waals surface area contributed by atoms with Crippen molar-refractivity contribution >= 4 is 33.3 Å². The van der Waals surface area contributed by atoms with E-state index in [1.165, 1.54) is 17.9 Å². The van der Waals surface area contributed by atoms with Gasteiger partial charge in [0.1, 0.15) is 4.90 Å². The minimum Gasteiger partial charge on any atom is -0.308 e. The van der Waals surface area contributed by atoms with E-state index in [1.54, 1.807) is 24.3 Å². The van der Waals surface area contributed by atoms with E-state index in [9.17, 15) is 13.2 Å². The molecule has 1 aromatic heterocycles. The van der Waals surface area contributed by atoms with Crippen LogP contribution in [0.1, 0.15) is 5.56 Å². The van der Waals surface area contributed by atoms with Gasteiger partial charge in [-0.2, -0.15) is 5.10 Å². The highest BCUT2D eigenvalue weighted by Gasteiger charge is 2.19. The third-order valence-electron chi connectivity index (χ3n) is 2.61. The van der Waals surface area contributed by atoms with Gasteiger partial charge in [-0.05, 0) is 17.7 Å². The second kappa shape index (κ2) is 5.84. The number of amides is 1. The van der Waals surface area contributed by atoms with Crippen LogP contribution in [0.25, 0.3) is 0 Å². The minimum atomic E-state index is -3.96. The van der Waals surface area contributed by atoms with Crippen LogP contribution in [0, 0.1) is 0 Å². The number of hydrogen-bond acceptors (Lipinski definition) is 4. The zero-order chi connectivity index (χ0) is 15.6. The highest BCUT2D eigenvalue weighted by atomic mass is 35.5. The van der Waals surface area contributed by atoms with Crippen molar-refractivity contribution in [1.82, 2.24) is 9.78 Å². The predicted molar refractivity (Wildman–Crippen MR) is 78.4 cm³/mol. The standard InChI is InChI=1S/C12H13ClN4O3S/c1-17-7-10(21(14,19)20)12(16-17)15-11(18)6-8-3-2-4-9(13)5-8/h2-5,7H,6H2,1H3,(H2,14,19,20)(H,15,16,18). The number of nitrogens with zero attached hydrogens (tertiary/aromatic N) is 2. The van der Waals surface area contributed by atoms with Gasteiger partial charge in [0.15, 0.2) is 5.82 Å². The van der Waals surface area contributed by atoms with Crippen molar-refractivity contribution in [2.45, 2.75) is 11.3 Å². The second-order valence-electron chi connectivity index (χ2n) is 4.42. The molecule has 0 fully saturated rings. The molecule has 2 rings (SSSR count). The van der Waals surface area contributed by atoms with E-state index in [0.717, 1.165) is 0 Å². The topological polar surface area (TPSA) is 107 Å². The van der Waals surface area contributed by atoms with E-state index in [4.69, 9.17) is 16.7 Å². The molecular weight excluding hydrogens is 316 g/mol. The second-order valence-corrected chi connectivity index (χ2v) is 6.38. The molecule has 112 valence electrons. The van der Waals surface area contributed by atoms with E-state index >= 15 is 0 Å². The number of halogens is 1. The lowest BCUT2D eigenvalue weighted by molar-refractivity contribution is -0.115. The number of carbonyl (C=O) groups is 1. The van der Waals surface area contributed by atoms with Gasteiger partial charge in [0.05, 0.1) is 6.42 Å². The van der Waals surface area contributed by atoms with E-state index < -0.39 is 15.9 Å². The zero-order valence-corrected chi connectivity index (χ0v) is 12.6. The Kier molecular flexibility index (Phi) is 4.31. The molecule has 3 N–H and O–H groups in total. The highest BCUT2D eigenvalue weighted by molar-refractivity contribution is 7.89. The van der Waals surface area contributed by atoms with Gasteiger partial charge in [0, 0.05) is 18.3 Å². The summed E-state index contributed by atoms with van der Waals surface area (Å²) < 4.78 is 24.1. The predicted octanol–water partition coefficient (Wildman–Crippen LogP) is 0.902. The summed E-state index contributed by atoms with van der Waals surface area (Å²) in [7, 11) is -2.43. The summed E-state index contributed by atoms with van der Waals surface area (Å²) in [5.41, 5.74) is 0.702. The molecule has 0 bridgehead atoms. The van der Waals surface area contributed by atoms with E-state index in [0.29, 0.717) is 10.6 Å². The Morgan fingerprint density at radius 3 is 2.81 bits per heavy atom. The van der Waals surface area contributed by atoms with Crippen LogP contribution in [0.15, 0.2) is 35.4 Å². The van der Waals surface area contributed by atoms with Gasteiger partial charge in [-0.3, -0.25) is 9.48 Å². The first-order valence-electron chi connectivity index (χ1n) is 5.86. The largest absolute Gasteiger partial charge is 0.308 e. The first kappa shape index (κ1) is 15.5. The molecule has 0 saturated heterocycles. The molecule has 0 aliphatic rings. The van der Waals surface area contributed by atoms with Crippen LogP contribution in [0.2, 0.25) is 5.02 Å². The average molecular weight is 329 g/mol. The zero-order valence-electron chi connectivity index (χ0n) is 11.1. The smallest absolute Gasteiger partial charge is 0.243 e. The van der Waals surface area contributed by atoms with Crippen LogP contribution < -0.4 is 10.5 Å². The highest BCUT2D eigenvalue weighted by Crippen LogP contribution is 2.18. The molecule has 2 aromatic rings. The maximum absolute atomic E-state index is 11.9. The lowest BCUT2D eigenvalue weighted by Crippen LogP contribution is -2.19. The van der Waals surface area contributed by atoms with Crippen molar-refractivity contribution in [3.63, 3.8) is 0 Å². The number of benzene rings is 1. The Morgan fingerprint density at radius 1 is 1.48 bits per heavy atom. The lowest BCUT2D eigenvalue weighted by Gasteiger charge is -2.04. The van der Waals surface area contributed by atoms with Gasteiger partial charge < -0.3 is 5.32 Å². The molecule has 7 nitrogen and oxygen atoms in total. The van der Waals surface area contributed by atoms with Gasteiger partial charge in [-0.25, -0.2) is 13.6 Å². The molecule has 0 radical (unpaired) electrons. The van der Waals surface area contributed by atoms with Crippen LogP contribution in [-0.2, 0) is 28.3 Å². The fraction of sp³-hybridized carbons (Fsp3) is 0.167. The molecule has 0 unspecified atom stereocenters. The van der Waals surface area contributed by atoms with Crippen molar-refractivity contribution in [3.05, 3.63) is 41.0 Å². The summed E-state index contributed by atoms with van der Waals surface area (Å²) in [6, 6.07) is 6.81. The molecular formula is C12H13ClN4O3S. The molecule has 0 aliphatic heterocycles. The quantitative estimate of drug-likeness (QED) is 0.869. The van der Waals surface area contributed by atoms with Crippen LogP contribution >= 0.6 is 11.6 Å². The molecule has 1 heterocycles. The summed E-state index contributed by atoms with van der Waals surface area (Å²) in [5, 5.41) is 11.9. The first-order chi connectivity index (χ1) is 9.75. The van der Waals surface area contributed by atoms with Gasteiger partial charge in [0.25, 0.3) is 0 Å². The summed E-state index contributed by atoms with van der Waals surface area (Å²) in [5.74, 6) is -0.507. The van der Waals surface area contributed by atoms with Gasteiger partial charge in [-0.1, -0.05) is 23.7 Å². The number of aromatic nitrogens is 2. The summed E-state index contributed by atoms with van der Waals surface area (Å²) in [6.45, 7) is 0. The minimum absolute atomic E-state index is 0.0429. The molecule has 0 saturated carbocycles. The SMILES string of the molecule is Cn1cc(S(N)(=O)=O)c(NC(=O)Cc2cccc(Cl)c2)n1. The number of sulfonamides is 1. The third-order valence-corrected chi connectivity index (χ3v) is 3.76. The maximum Gasteiger partial charge on any atom is 0.243 e. The number of nitrogens with two attached hydrogens (primary N) is 1. The molecule has 0 atom stereocenters. The normalized spacial score (nSPS) is 11.4. The van der Waals surface area contributed by atoms with Crippen LogP contribution in [0.4, 0.5) is 5.82 Å². The van der Waals surface area contributed by atoms with Crippen molar-refractivity contribution in [2.24, 2.45) is 12.2 Å². The van der Waals surface area contributed by atoms with E-state index in [-0.39, 0.29) is 17.1 Å². The van der Waals surface area contributed by atoms with Gasteiger partial charge in [0.2, 0.25) is 15.9 Å². The average Bonchev–Trinajstić information content (AvgIpc) is 2.69. The Hall–Kier alpha value is -1.90. The Bertz CT molecular complexity index is 786. The van der Waals surface area contributed by atoms with E-state index in [2.05, 4.69) is 10.4 Å². The lowest BCUT2D eigenvalue weighted by atomic mass is 10.1. The molecule has 0 aliphatic carbocycles. The van der Waals surface area contributed by atoms with Crippen molar-refractivity contribution in [3.8, 4) is 0 Å². The Morgan fingerprint density at radius 2 is 2.19 bits per heavy atom. The number of rotatable bonds is 4. The van der Waals surface area contributed by atoms with Crippen molar-refractivity contribution in [1.29, 1.82) is 0 Å². The Labute approximate surface area is 126 Å².